The summed E-state index contributed by atoms with van der Waals surface area (Å²) >= 11 is 0. The van der Waals surface area contributed by atoms with Gasteiger partial charge in [0.1, 0.15) is 0 Å². The molecule has 74 valence electrons. The Bertz CT molecular complexity index is 212. The molecule has 0 radical (unpaired) electrons. The van der Waals surface area contributed by atoms with Gasteiger partial charge in [0.25, 0.3) is 0 Å². The second-order valence-corrected chi connectivity index (χ2v) is 3.30. The van der Waals surface area contributed by atoms with Crippen molar-refractivity contribution in [2.24, 2.45) is 5.92 Å². The number of carbonyl (C=O) groups is 2. The third-order valence-corrected chi connectivity index (χ3v) is 2.23. The Kier molecular flexibility index (Phi) is 3.28. The molecule has 1 rings (SSSR count). The summed E-state index contributed by atoms with van der Waals surface area (Å²) in [5.41, 5.74) is 0. The van der Waals surface area contributed by atoms with Gasteiger partial charge in [0.15, 0.2) is 0 Å². The van der Waals surface area contributed by atoms with Gasteiger partial charge in [-0.05, 0) is 19.8 Å². The number of amides is 2. The Morgan fingerprint density at radius 3 is 2.46 bits per heavy atom. The number of rotatable bonds is 4. The van der Waals surface area contributed by atoms with Gasteiger partial charge in [-0.2, -0.15) is 0 Å². The Morgan fingerprint density at radius 1 is 1.46 bits per heavy atom. The van der Waals surface area contributed by atoms with E-state index in [9.17, 15) is 9.59 Å². The quantitative estimate of drug-likeness (QED) is 0.668. The molecule has 0 spiro atoms. The maximum atomic E-state index is 11.5. The number of likely N-dealkylation sites (N-methyl/N-ethyl adjacent to an activating group) is 2. The minimum atomic E-state index is -0.101. The number of hydrogen-bond donors (Lipinski definition) is 1. The van der Waals surface area contributed by atoms with Crippen LogP contribution < -0.4 is 5.32 Å². The number of nitrogens with zero attached hydrogens (tertiary/aromatic N) is 1. The van der Waals surface area contributed by atoms with Crippen LogP contribution in [0.15, 0.2) is 0 Å². The van der Waals surface area contributed by atoms with Crippen molar-refractivity contribution in [2.45, 2.75) is 19.8 Å². The summed E-state index contributed by atoms with van der Waals surface area (Å²) in [7, 11) is 1.58. The van der Waals surface area contributed by atoms with Crippen molar-refractivity contribution in [3.05, 3.63) is 0 Å². The summed E-state index contributed by atoms with van der Waals surface area (Å²) in [6.45, 7) is 2.70. The van der Waals surface area contributed by atoms with Crippen LogP contribution in [0.25, 0.3) is 0 Å². The van der Waals surface area contributed by atoms with Gasteiger partial charge < -0.3 is 10.2 Å². The highest BCUT2D eigenvalue weighted by atomic mass is 16.2. The summed E-state index contributed by atoms with van der Waals surface area (Å²) < 4.78 is 0. The van der Waals surface area contributed by atoms with E-state index in [1.807, 2.05) is 6.92 Å². The van der Waals surface area contributed by atoms with Crippen molar-refractivity contribution >= 4 is 11.8 Å². The van der Waals surface area contributed by atoms with Crippen LogP contribution in [0.2, 0.25) is 0 Å². The second kappa shape index (κ2) is 4.25. The van der Waals surface area contributed by atoms with Crippen LogP contribution in [-0.4, -0.2) is 36.9 Å². The molecule has 0 aromatic carbocycles. The minimum Gasteiger partial charge on any atom is -0.358 e. The molecule has 1 aliphatic rings. The SMILES string of the molecule is CCN(CC(=O)NC)C(=O)C1CC1. The number of nitrogens with one attached hydrogen (secondary N) is 1. The molecular weight excluding hydrogens is 168 g/mol. The minimum absolute atomic E-state index is 0.101. The predicted octanol–water partition coefficient (Wildman–Crippen LogP) is -0.00910. The molecule has 2 amide bonds. The smallest absolute Gasteiger partial charge is 0.239 e. The summed E-state index contributed by atoms with van der Waals surface area (Å²) in [6, 6.07) is 0. The lowest BCUT2D eigenvalue weighted by Gasteiger charge is -2.19. The largest absolute Gasteiger partial charge is 0.358 e. The molecule has 0 atom stereocenters. The van der Waals surface area contributed by atoms with Crippen LogP contribution in [0.1, 0.15) is 19.8 Å². The van der Waals surface area contributed by atoms with E-state index in [0.29, 0.717) is 6.54 Å². The average Bonchev–Trinajstić information content (AvgIpc) is 2.95. The van der Waals surface area contributed by atoms with E-state index in [1.54, 1.807) is 11.9 Å². The van der Waals surface area contributed by atoms with Crippen molar-refractivity contribution < 1.29 is 9.59 Å². The van der Waals surface area contributed by atoms with Gasteiger partial charge in [-0.3, -0.25) is 9.59 Å². The van der Waals surface area contributed by atoms with Gasteiger partial charge >= 0.3 is 0 Å². The fraction of sp³-hybridized carbons (Fsp3) is 0.778. The molecule has 0 saturated heterocycles. The first-order valence-corrected chi connectivity index (χ1v) is 4.68. The van der Waals surface area contributed by atoms with Gasteiger partial charge in [0.2, 0.25) is 11.8 Å². The van der Waals surface area contributed by atoms with E-state index in [-0.39, 0.29) is 24.3 Å². The molecule has 1 saturated carbocycles. The first-order chi connectivity index (χ1) is 6.19. The van der Waals surface area contributed by atoms with Crippen LogP contribution in [0.4, 0.5) is 0 Å². The molecule has 1 aliphatic carbocycles. The summed E-state index contributed by atoms with van der Waals surface area (Å²) in [5, 5.41) is 2.51. The molecule has 13 heavy (non-hydrogen) atoms. The van der Waals surface area contributed by atoms with Gasteiger partial charge in [-0.1, -0.05) is 0 Å². The Hall–Kier alpha value is -1.06. The molecule has 0 unspecified atom stereocenters. The van der Waals surface area contributed by atoms with Gasteiger partial charge in [-0.25, -0.2) is 0 Å². The Labute approximate surface area is 78.3 Å². The van der Waals surface area contributed by atoms with E-state index in [0.717, 1.165) is 12.8 Å². The van der Waals surface area contributed by atoms with Crippen molar-refractivity contribution in [3.8, 4) is 0 Å². The van der Waals surface area contributed by atoms with Crippen LogP contribution in [-0.2, 0) is 9.59 Å². The lowest BCUT2D eigenvalue weighted by Crippen LogP contribution is -2.40. The molecule has 4 heteroatoms. The Balaban J connectivity index is 2.41. The topological polar surface area (TPSA) is 49.4 Å². The van der Waals surface area contributed by atoms with Crippen molar-refractivity contribution in [3.63, 3.8) is 0 Å². The molecule has 0 heterocycles. The standard InChI is InChI=1S/C9H16N2O2/c1-3-11(6-8(12)10-2)9(13)7-4-5-7/h7H,3-6H2,1-2H3,(H,10,12). The van der Waals surface area contributed by atoms with E-state index < -0.39 is 0 Å². The third kappa shape index (κ3) is 2.72. The highest BCUT2D eigenvalue weighted by molar-refractivity contribution is 5.86. The maximum Gasteiger partial charge on any atom is 0.239 e. The number of hydrogen-bond acceptors (Lipinski definition) is 2. The lowest BCUT2D eigenvalue weighted by atomic mass is 10.3. The molecule has 0 aliphatic heterocycles. The Morgan fingerprint density at radius 2 is 2.08 bits per heavy atom. The van der Waals surface area contributed by atoms with E-state index in [2.05, 4.69) is 5.32 Å². The summed E-state index contributed by atoms with van der Waals surface area (Å²) in [6.07, 6.45) is 1.98. The second-order valence-electron chi connectivity index (χ2n) is 3.30. The van der Waals surface area contributed by atoms with Gasteiger partial charge in [0.05, 0.1) is 6.54 Å². The van der Waals surface area contributed by atoms with E-state index in [1.165, 1.54) is 0 Å². The molecule has 0 aromatic rings. The van der Waals surface area contributed by atoms with Crippen LogP contribution >= 0.6 is 0 Å². The zero-order valence-electron chi connectivity index (χ0n) is 8.17. The van der Waals surface area contributed by atoms with Crippen molar-refractivity contribution in [1.29, 1.82) is 0 Å². The average molecular weight is 184 g/mol. The molecule has 1 N–H and O–H groups in total. The van der Waals surface area contributed by atoms with E-state index in [4.69, 9.17) is 0 Å². The normalized spacial score (nSPS) is 15.2. The number of carbonyl (C=O) groups excluding carboxylic acids is 2. The van der Waals surface area contributed by atoms with Crippen LogP contribution in [0.3, 0.4) is 0 Å². The molecule has 0 aromatic heterocycles. The molecular formula is C9H16N2O2. The third-order valence-electron chi connectivity index (χ3n) is 2.23. The van der Waals surface area contributed by atoms with Crippen molar-refractivity contribution in [1.82, 2.24) is 10.2 Å². The van der Waals surface area contributed by atoms with Crippen LogP contribution in [0.5, 0.6) is 0 Å². The zero-order valence-corrected chi connectivity index (χ0v) is 8.17. The zero-order chi connectivity index (χ0) is 9.84. The summed E-state index contributed by atoms with van der Waals surface area (Å²) in [5.74, 6) is 0.228. The van der Waals surface area contributed by atoms with Gasteiger partial charge in [0, 0.05) is 19.5 Å². The molecule has 1 fully saturated rings. The molecule has 0 bridgehead atoms. The van der Waals surface area contributed by atoms with E-state index >= 15 is 0 Å². The van der Waals surface area contributed by atoms with Crippen LogP contribution in [0, 0.1) is 5.92 Å². The maximum absolute atomic E-state index is 11.5. The fourth-order valence-corrected chi connectivity index (χ4v) is 1.19. The predicted molar refractivity (Wildman–Crippen MR) is 49.0 cm³/mol. The van der Waals surface area contributed by atoms with Crippen molar-refractivity contribution in [2.75, 3.05) is 20.1 Å². The monoisotopic (exact) mass is 184 g/mol. The highest BCUT2D eigenvalue weighted by Gasteiger charge is 2.33. The fourth-order valence-electron chi connectivity index (χ4n) is 1.19. The van der Waals surface area contributed by atoms with Gasteiger partial charge in [-0.15, -0.1) is 0 Å². The first kappa shape index (κ1) is 10.0. The molecule has 4 nitrogen and oxygen atoms in total. The summed E-state index contributed by atoms with van der Waals surface area (Å²) in [4.78, 5) is 24.2. The highest BCUT2D eigenvalue weighted by Crippen LogP contribution is 2.30. The lowest BCUT2D eigenvalue weighted by molar-refractivity contribution is -0.136. The first-order valence-electron chi connectivity index (χ1n) is 4.68.